The molecule has 7 heteroatoms. The van der Waals surface area contributed by atoms with Gasteiger partial charge in [0, 0.05) is 35.1 Å². The maximum Gasteiger partial charge on any atom is 0.270 e. The van der Waals surface area contributed by atoms with Crippen LogP contribution in [0.15, 0.2) is 42.4 Å². The Morgan fingerprint density at radius 2 is 2.19 bits per heavy atom. The number of hydrogen-bond acceptors (Lipinski definition) is 4. The summed E-state index contributed by atoms with van der Waals surface area (Å²) in [7, 11) is 0. The average Bonchev–Trinajstić information content (AvgIpc) is 3.42. The standard InChI is InChI=1S/C20H17N5OS/c1-2-17-19(21-11-27-17)18-13-10-25(8-7-15(13)23-24-18)20(26)16-9-12-5-3-4-6-14(12)22-16/h2-6,9,11,22H,1,7-8,10H2,(H,23,24). The maximum atomic E-state index is 13.1. The lowest BCUT2D eigenvalue weighted by Gasteiger charge is -2.26. The molecule has 0 aliphatic carbocycles. The summed E-state index contributed by atoms with van der Waals surface area (Å²) in [6.45, 7) is 5.03. The van der Waals surface area contributed by atoms with Gasteiger partial charge in [-0.2, -0.15) is 5.10 Å². The van der Waals surface area contributed by atoms with E-state index in [-0.39, 0.29) is 5.91 Å². The van der Waals surface area contributed by atoms with E-state index in [1.165, 1.54) is 11.3 Å². The molecule has 5 rings (SSSR count). The van der Waals surface area contributed by atoms with Gasteiger partial charge < -0.3 is 9.88 Å². The Balaban J connectivity index is 1.48. The quantitative estimate of drug-likeness (QED) is 0.571. The van der Waals surface area contributed by atoms with Crippen molar-refractivity contribution in [3.05, 3.63) is 64.2 Å². The summed E-state index contributed by atoms with van der Waals surface area (Å²) in [5.74, 6) is 0.00576. The largest absolute Gasteiger partial charge is 0.351 e. The van der Waals surface area contributed by atoms with Gasteiger partial charge in [0.15, 0.2) is 0 Å². The van der Waals surface area contributed by atoms with Gasteiger partial charge in [-0.3, -0.25) is 9.89 Å². The molecule has 1 amide bonds. The SMILES string of the molecule is C=Cc1scnc1-c1n[nH]c2c1CN(C(=O)c1cc3ccccc3[nH]1)CC2. The molecular weight excluding hydrogens is 358 g/mol. The number of hydrogen-bond donors (Lipinski definition) is 2. The van der Waals surface area contributed by atoms with Crippen LogP contribution in [0, 0.1) is 0 Å². The van der Waals surface area contributed by atoms with E-state index in [4.69, 9.17) is 0 Å². The number of benzene rings is 1. The van der Waals surface area contributed by atoms with Crippen molar-refractivity contribution in [2.24, 2.45) is 0 Å². The topological polar surface area (TPSA) is 77.7 Å². The highest BCUT2D eigenvalue weighted by atomic mass is 32.1. The number of aromatic nitrogens is 4. The normalized spacial score (nSPS) is 13.7. The molecule has 0 bridgehead atoms. The van der Waals surface area contributed by atoms with Crippen LogP contribution in [-0.4, -0.2) is 37.5 Å². The van der Waals surface area contributed by atoms with Crippen molar-refractivity contribution in [3.8, 4) is 11.4 Å². The molecule has 1 aliphatic rings. The summed E-state index contributed by atoms with van der Waals surface area (Å²) in [5, 5.41) is 8.64. The Morgan fingerprint density at radius 1 is 1.30 bits per heavy atom. The van der Waals surface area contributed by atoms with Crippen LogP contribution < -0.4 is 0 Å². The van der Waals surface area contributed by atoms with Gasteiger partial charge in [-0.25, -0.2) is 4.98 Å². The third-order valence-electron chi connectivity index (χ3n) is 4.99. The second-order valence-electron chi connectivity index (χ2n) is 6.55. The molecule has 0 spiro atoms. The number of carbonyl (C=O) groups excluding carboxylic acids is 1. The maximum absolute atomic E-state index is 13.1. The Labute approximate surface area is 159 Å². The predicted molar refractivity (Wildman–Crippen MR) is 107 cm³/mol. The first-order valence-electron chi connectivity index (χ1n) is 8.74. The van der Waals surface area contributed by atoms with Crippen LogP contribution >= 0.6 is 11.3 Å². The number of carbonyl (C=O) groups is 1. The number of H-pyrrole nitrogens is 2. The summed E-state index contributed by atoms with van der Waals surface area (Å²) in [5.41, 5.74) is 7.14. The van der Waals surface area contributed by atoms with E-state index in [1.54, 1.807) is 11.6 Å². The molecule has 0 unspecified atom stereocenters. The van der Waals surface area contributed by atoms with E-state index < -0.39 is 0 Å². The number of nitrogens with zero attached hydrogens (tertiary/aromatic N) is 3. The highest BCUT2D eigenvalue weighted by molar-refractivity contribution is 7.11. The van der Waals surface area contributed by atoms with Gasteiger partial charge in [-0.05, 0) is 18.2 Å². The minimum atomic E-state index is 0.00576. The average molecular weight is 375 g/mol. The Kier molecular flexibility index (Phi) is 3.68. The summed E-state index contributed by atoms with van der Waals surface area (Å²) < 4.78 is 0. The first kappa shape index (κ1) is 16.0. The van der Waals surface area contributed by atoms with Crippen LogP contribution in [0.2, 0.25) is 0 Å². The molecule has 0 atom stereocenters. The van der Waals surface area contributed by atoms with E-state index in [1.807, 2.05) is 35.2 Å². The van der Waals surface area contributed by atoms with Crippen LogP contribution in [0.4, 0.5) is 0 Å². The first-order valence-corrected chi connectivity index (χ1v) is 9.62. The van der Waals surface area contributed by atoms with Gasteiger partial charge >= 0.3 is 0 Å². The minimum Gasteiger partial charge on any atom is -0.351 e. The molecule has 0 saturated carbocycles. The van der Waals surface area contributed by atoms with Crippen molar-refractivity contribution >= 4 is 34.2 Å². The van der Waals surface area contributed by atoms with E-state index in [0.717, 1.165) is 44.8 Å². The Bertz CT molecular complexity index is 1140. The molecule has 1 aliphatic heterocycles. The summed E-state index contributed by atoms with van der Waals surface area (Å²) in [4.78, 5) is 23.6. The van der Waals surface area contributed by atoms with Crippen molar-refractivity contribution in [3.63, 3.8) is 0 Å². The van der Waals surface area contributed by atoms with E-state index in [2.05, 4.69) is 26.7 Å². The first-order chi connectivity index (χ1) is 13.2. The number of amides is 1. The zero-order chi connectivity index (χ0) is 18.4. The molecule has 6 nitrogen and oxygen atoms in total. The fourth-order valence-electron chi connectivity index (χ4n) is 3.60. The van der Waals surface area contributed by atoms with E-state index in [0.29, 0.717) is 18.8 Å². The number of nitrogens with one attached hydrogen (secondary N) is 2. The minimum absolute atomic E-state index is 0.00576. The van der Waals surface area contributed by atoms with Crippen molar-refractivity contribution in [2.75, 3.05) is 6.54 Å². The summed E-state index contributed by atoms with van der Waals surface area (Å²) in [6.07, 6.45) is 2.55. The molecule has 0 saturated heterocycles. The zero-order valence-corrected chi connectivity index (χ0v) is 15.3. The molecule has 4 heterocycles. The van der Waals surface area contributed by atoms with Gasteiger partial charge in [0.2, 0.25) is 0 Å². The monoisotopic (exact) mass is 375 g/mol. The Morgan fingerprint density at radius 3 is 3.04 bits per heavy atom. The lowest BCUT2D eigenvalue weighted by Crippen LogP contribution is -2.36. The number of aromatic amines is 2. The van der Waals surface area contributed by atoms with Crippen molar-refractivity contribution in [1.29, 1.82) is 0 Å². The van der Waals surface area contributed by atoms with Crippen LogP contribution in [-0.2, 0) is 13.0 Å². The van der Waals surface area contributed by atoms with Gasteiger partial charge in [0.1, 0.15) is 17.1 Å². The van der Waals surface area contributed by atoms with Crippen LogP contribution in [0.3, 0.4) is 0 Å². The van der Waals surface area contributed by atoms with Crippen molar-refractivity contribution in [2.45, 2.75) is 13.0 Å². The van der Waals surface area contributed by atoms with Gasteiger partial charge in [0.25, 0.3) is 5.91 Å². The number of rotatable bonds is 3. The van der Waals surface area contributed by atoms with Crippen LogP contribution in [0.1, 0.15) is 26.6 Å². The molecule has 1 aromatic carbocycles. The van der Waals surface area contributed by atoms with Crippen molar-refractivity contribution < 1.29 is 4.79 Å². The van der Waals surface area contributed by atoms with E-state index >= 15 is 0 Å². The Hall–Kier alpha value is -3.19. The smallest absolute Gasteiger partial charge is 0.270 e. The predicted octanol–water partition coefficient (Wildman–Crippen LogP) is 3.86. The molecule has 134 valence electrons. The van der Waals surface area contributed by atoms with E-state index in [9.17, 15) is 4.79 Å². The molecule has 0 radical (unpaired) electrons. The zero-order valence-electron chi connectivity index (χ0n) is 14.5. The summed E-state index contributed by atoms with van der Waals surface area (Å²) in [6, 6.07) is 9.83. The third-order valence-corrected chi connectivity index (χ3v) is 5.81. The molecular formula is C20H17N5OS. The molecule has 4 aromatic rings. The third kappa shape index (κ3) is 2.59. The fraction of sp³-hybridized carbons (Fsp3) is 0.150. The van der Waals surface area contributed by atoms with Crippen LogP contribution in [0.25, 0.3) is 28.4 Å². The van der Waals surface area contributed by atoms with Gasteiger partial charge in [0.05, 0.1) is 16.9 Å². The fourth-order valence-corrected chi connectivity index (χ4v) is 4.23. The second-order valence-corrected chi connectivity index (χ2v) is 7.43. The molecule has 3 aromatic heterocycles. The van der Waals surface area contributed by atoms with Gasteiger partial charge in [-0.1, -0.05) is 24.8 Å². The highest BCUT2D eigenvalue weighted by Gasteiger charge is 2.28. The number of fused-ring (bicyclic) bond motifs is 2. The van der Waals surface area contributed by atoms with Crippen LogP contribution in [0.5, 0.6) is 0 Å². The lowest BCUT2D eigenvalue weighted by molar-refractivity contribution is 0.0729. The number of para-hydroxylation sites is 1. The van der Waals surface area contributed by atoms with Gasteiger partial charge in [-0.15, -0.1) is 11.3 Å². The van der Waals surface area contributed by atoms with Crippen molar-refractivity contribution in [1.82, 2.24) is 25.1 Å². The highest BCUT2D eigenvalue weighted by Crippen LogP contribution is 2.32. The molecule has 2 N–H and O–H groups in total. The number of thiazole rings is 1. The summed E-state index contributed by atoms with van der Waals surface area (Å²) >= 11 is 1.54. The molecule has 0 fully saturated rings. The molecule has 27 heavy (non-hydrogen) atoms. The second kappa shape index (κ2) is 6.21. The lowest BCUT2D eigenvalue weighted by atomic mass is 10.0.